The second kappa shape index (κ2) is 13.6. The SMILES string of the molecule is CCCCNC(=O)C(c1cccc(C)c1O)N(CC)C(=O)C(CCC(N)=O)NC(=O)OC(C)(C)C. The van der Waals surface area contributed by atoms with Crippen LogP contribution in [0.5, 0.6) is 5.75 Å². The van der Waals surface area contributed by atoms with E-state index in [-0.39, 0.29) is 30.7 Å². The van der Waals surface area contributed by atoms with Gasteiger partial charge in [0.2, 0.25) is 17.7 Å². The number of para-hydroxylation sites is 1. The van der Waals surface area contributed by atoms with Crippen LogP contribution in [0.25, 0.3) is 0 Å². The van der Waals surface area contributed by atoms with Crippen LogP contribution in [-0.2, 0) is 19.1 Å². The van der Waals surface area contributed by atoms with Crippen molar-refractivity contribution in [3.63, 3.8) is 0 Å². The topological polar surface area (TPSA) is 151 Å². The van der Waals surface area contributed by atoms with Crippen LogP contribution >= 0.6 is 0 Å². The molecule has 1 aromatic rings. The number of rotatable bonds is 12. The van der Waals surface area contributed by atoms with Crippen LogP contribution < -0.4 is 16.4 Å². The third-order valence-electron chi connectivity index (χ3n) is 5.25. The number of phenols is 1. The van der Waals surface area contributed by atoms with Crippen molar-refractivity contribution < 1.29 is 29.0 Å². The molecule has 1 aromatic carbocycles. The lowest BCUT2D eigenvalue weighted by Crippen LogP contribution is -2.53. The van der Waals surface area contributed by atoms with E-state index in [2.05, 4.69) is 10.6 Å². The van der Waals surface area contributed by atoms with Gasteiger partial charge in [0.15, 0.2) is 0 Å². The average molecular weight is 493 g/mol. The van der Waals surface area contributed by atoms with Gasteiger partial charge in [-0.2, -0.15) is 0 Å². The molecular formula is C25H40N4O6. The molecule has 0 aliphatic rings. The molecule has 0 aromatic heterocycles. The summed E-state index contributed by atoms with van der Waals surface area (Å²) in [7, 11) is 0. The standard InChI is InChI=1S/C25H40N4O6/c1-7-9-15-27-22(32)20(17-12-10-11-16(3)21(17)31)29(8-2)23(33)18(13-14-19(26)30)28-24(34)35-25(4,5)6/h10-12,18,20,31H,7-9,13-15H2,1-6H3,(H2,26,30)(H,27,32)(H,28,34). The molecule has 0 aliphatic carbocycles. The van der Waals surface area contributed by atoms with Crippen molar-refractivity contribution in [1.29, 1.82) is 0 Å². The second-order valence-corrected chi connectivity index (χ2v) is 9.39. The van der Waals surface area contributed by atoms with E-state index < -0.39 is 41.5 Å². The molecule has 0 bridgehead atoms. The number of nitrogens with zero attached hydrogens (tertiary/aromatic N) is 1. The number of hydrogen-bond donors (Lipinski definition) is 4. The maximum atomic E-state index is 13.7. The lowest BCUT2D eigenvalue weighted by Gasteiger charge is -2.34. The molecular weight excluding hydrogens is 452 g/mol. The molecule has 0 fully saturated rings. The maximum absolute atomic E-state index is 13.7. The number of carbonyl (C=O) groups excluding carboxylic acids is 4. The Morgan fingerprint density at radius 1 is 1.17 bits per heavy atom. The van der Waals surface area contributed by atoms with E-state index in [1.54, 1.807) is 52.8 Å². The van der Waals surface area contributed by atoms with E-state index in [9.17, 15) is 24.3 Å². The summed E-state index contributed by atoms with van der Waals surface area (Å²) in [6.07, 6.45) is 0.547. The predicted molar refractivity (Wildman–Crippen MR) is 132 cm³/mol. The molecule has 5 N–H and O–H groups in total. The van der Waals surface area contributed by atoms with Crippen molar-refractivity contribution in [3.05, 3.63) is 29.3 Å². The first kappa shape index (κ1) is 29.7. The number of ether oxygens (including phenoxy) is 1. The fraction of sp³-hybridized carbons (Fsp3) is 0.600. The van der Waals surface area contributed by atoms with E-state index in [0.717, 1.165) is 12.8 Å². The molecule has 196 valence electrons. The van der Waals surface area contributed by atoms with Gasteiger partial charge in [0.25, 0.3) is 0 Å². The Hall–Kier alpha value is -3.30. The van der Waals surface area contributed by atoms with E-state index in [1.165, 1.54) is 4.90 Å². The molecule has 4 amide bonds. The summed E-state index contributed by atoms with van der Waals surface area (Å²) in [5.74, 6) is -1.79. The number of phenolic OH excluding ortho intramolecular Hbond substituents is 1. The quantitative estimate of drug-likeness (QED) is 0.329. The number of hydrogen-bond acceptors (Lipinski definition) is 6. The zero-order valence-electron chi connectivity index (χ0n) is 21.6. The number of alkyl carbamates (subject to hydrolysis) is 1. The number of unbranched alkanes of at least 4 members (excludes halogenated alkanes) is 1. The molecule has 0 aliphatic heterocycles. The number of amides is 4. The fourth-order valence-electron chi connectivity index (χ4n) is 3.50. The molecule has 0 saturated carbocycles. The predicted octanol–water partition coefficient (Wildman–Crippen LogP) is 2.67. The van der Waals surface area contributed by atoms with Crippen molar-refractivity contribution in [2.45, 2.75) is 84.9 Å². The smallest absolute Gasteiger partial charge is 0.408 e. The maximum Gasteiger partial charge on any atom is 0.408 e. The van der Waals surface area contributed by atoms with E-state index in [4.69, 9.17) is 10.5 Å². The average Bonchev–Trinajstić information content (AvgIpc) is 2.75. The zero-order valence-corrected chi connectivity index (χ0v) is 21.6. The Bertz CT molecular complexity index is 896. The van der Waals surface area contributed by atoms with Gasteiger partial charge in [-0.05, 0) is 53.0 Å². The minimum Gasteiger partial charge on any atom is -0.507 e. The van der Waals surface area contributed by atoms with Gasteiger partial charge in [0, 0.05) is 25.1 Å². The molecule has 10 nitrogen and oxygen atoms in total. The molecule has 0 saturated heterocycles. The van der Waals surface area contributed by atoms with E-state index in [1.807, 2.05) is 6.92 Å². The number of aryl methyl sites for hydroxylation is 1. The highest BCUT2D eigenvalue weighted by Crippen LogP contribution is 2.32. The molecule has 1 rings (SSSR count). The Morgan fingerprint density at radius 3 is 2.37 bits per heavy atom. The Morgan fingerprint density at radius 2 is 1.83 bits per heavy atom. The minimum atomic E-state index is -1.17. The van der Waals surface area contributed by atoms with Gasteiger partial charge in [-0.25, -0.2) is 4.79 Å². The van der Waals surface area contributed by atoms with Gasteiger partial charge in [-0.1, -0.05) is 31.5 Å². The molecule has 0 radical (unpaired) electrons. The first-order chi connectivity index (χ1) is 16.3. The Balaban J connectivity index is 3.40. The van der Waals surface area contributed by atoms with Crippen LogP contribution in [0.15, 0.2) is 18.2 Å². The molecule has 10 heteroatoms. The van der Waals surface area contributed by atoms with Crippen LogP contribution in [0.1, 0.15) is 77.5 Å². The lowest BCUT2D eigenvalue weighted by atomic mass is 9.98. The van der Waals surface area contributed by atoms with Crippen molar-refractivity contribution in [2.75, 3.05) is 13.1 Å². The summed E-state index contributed by atoms with van der Waals surface area (Å²) in [5, 5.41) is 16.1. The monoisotopic (exact) mass is 492 g/mol. The number of carbonyl (C=O) groups is 4. The Kier molecular flexibility index (Phi) is 11.5. The van der Waals surface area contributed by atoms with Gasteiger partial charge < -0.3 is 31.1 Å². The summed E-state index contributed by atoms with van der Waals surface area (Å²) in [5.41, 5.74) is 5.29. The fourth-order valence-corrected chi connectivity index (χ4v) is 3.50. The first-order valence-corrected chi connectivity index (χ1v) is 12.0. The van der Waals surface area contributed by atoms with Crippen LogP contribution in [-0.4, -0.2) is 58.6 Å². The molecule has 0 heterocycles. The summed E-state index contributed by atoms with van der Waals surface area (Å²) in [6.45, 7) is 10.9. The highest BCUT2D eigenvalue weighted by atomic mass is 16.6. The second-order valence-electron chi connectivity index (χ2n) is 9.39. The van der Waals surface area contributed by atoms with E-state index >= 15 is 0 Å². The molecule has 2 atom stereocenters. The number of benzene rings is 1. The summed E-state index contributed by atoms with van der Waals surface area (Å²) in [6, 6.07) is 2.65. The van der Waals surface area contributed by atoms with Crippen LogP contribution in [0.4, 0.5) is 4.79 Å². The summed E-state index contributed by atoms with van der Waals surface area (Å²) < 4.78 is 5.28. The molecule has 2 unspecified atom stereocenters. The van der Waals surface area contributed by atoms with Gasteiger partial charge in [-0.3, -0.25) is 14.4 Å². The Labute approximate surface area is 207 Å². The molecule has 35 heavy (non-hydrogen) atoms. The highest BCUT2D eigenvalue weighted by molar-refractivity contribution is 5.93. The lowest BCUT2D eigenvalue weighted by molar-refractivity contribution is -0.142. The van der Waals surface area contributed by atoms with Gasteiger partial charge in [0.1, 0.15) is 23.4 Å². The van der Waals surface area contributed by atoms with Crippen molar-refractivity contribution in [3.8, 4) is 5.75 Å². The number of aromatic hydroxyl groups is 1. The normalized spacial score (nSPS) is 12.9. The highest BCUT2D eigenvalue weighted by Gasteiger charge is 2.36. The van der Waals surface area contributed by atoms with Gasteiger partial charge in [0.05, 0.1) is 0 Å². The van der Waals surface area contributed by atoms with Gasteiger partial charge >= 0.3 is 6.09 Å². The zero-order chi connectivity index (χ0) is 26.8. The summed E-state index contributed by atoms with van der Waals surface area (Å²) in [4.78, 5) is 52.1. The number of nitrogens with one attached hydrogen (secondary N) is 2. The molecule has 0 spiro atoms. The van der Waals surface area contributed by atoms with Crippen molar-refractivity contribution in [1.82, 2.24) is 15.5 Å². The van der Waals surface area contributed by atoms with Gasteiger partial charge in [-0.15, -0.1) is 0 Å². The first-order valence-electron chi connectivity index (χ1n) is 12.0. The largest absolute Gasteiger partial charge is 0.507 e. The van der Waals surface area contributed by atoms with Crippen molar-refractivity contribution >= 4 is 23.8 Å². The third kappa shape index (κ3) is 9.46. The van der Waals surface area contributed by atoms with Crippen LogP contribution in [0.3, 0.4) is 0 Å². The van der Waals surface area contributed by atoms with Crippen LogP contribution in [0, 0.1) is 6.92 Å². The third-order valence-corrected chi connectivity index (χ3v) is 5.25. The van der Waals surface area contributed by atoms with Crippen molar-refractivity contribution in [2.24, 2.45) is 5.73 Å². The summed E-state index contributed by atoms with van der Waals surface area (Å²) >= 11 is 0. The van der Waals surface area contributed by atoms with E-state index in [0.29, 0.717) is 12.1 Å². The van der Waals surface area contributed by atoms with Crippen LogP contribution in [0.2, 0.25) is 0 Å². The minimum absolute atomic E-state index is 0.0755. The number of nitrogens with two attached hydrogens (primary N) is 1. The number of primary amides is 1. The number of likely N-dealkylation sites (N-methyl/N-ethyl adjacent to an activating group) is 1.